The Morgan fingerprint density at radius 3 is 2.85 bits per heavy atom. The lowest BCUT2D eigenvalue weighted by molar-refractivity contribution is -0.383. The maximum absolute atomic E-state index is 11.4. The number of nitrogens with one attached hydrogen (secondary N) is 1. The van der Waals surface area contributed by atoms with Crippen LogP contribution in [0, 0.1) is 10.1 Å². The van der Waals surface area contributed by atoms with Crippen molar-refractivity contribution in [3.8, 4) is 0 Å². The molecular formula is C14H18N2O4. The first-order chi connectivity index (χ1) is 9.58. The average molecular weight is 278 g/mol. The number of rotatable bonds is 7. The van der Waals surface area contributed by atoms with Crippen LogP contribution in [-0.4, -0.2) is 24.5 Å². The first-order valence-electron chi connectivity index (χ1n) is 6.39. The summed E-state index contributed by atoms with van der Waals surface area (Å²) in [4.78, 5) is 21.7. The van der Waals surface area contributed by atoms with Crippen LogP contribution in [0.1, 0.15) is 25.3 Å². The van der Waals surface area contributed by atoms with Gasteiger partial charge in [0.2, 0.25) is 0 Å². The van der Waals surface area contributed by atoms with Gasteiger partial charge < -0.3 is 10.1 Å². The lowest BCUT2D eigenvalue weighted by Gasteiger charge is -2.03. The highest BCUT2D eigenvalue weighted by atomic mass is 16.6. The lowest BCUT2D eigenvalue weighted by Crippen LogP contribution is -2.01. The van der Waals surface area contributed by atoms with Crippen LogP contribution in [0.15, 0.2) is 24.3 Å². The second kappa shape index (κ2) is 7.93. The van der Waals surface area contributed by atoms with Crippen LogP contribution in [0.4, 0.5) is 11.4 Å². The predicted octanol–water partition coefficient (Wildman–Crippen LogP) is 2.99. The van der Waals surface area contributed by atoms with E-state index in [9.17, 15) is 14.9 Å². The molecule has 1 aromatic carbocycles. The Morgan fingerprint density at radius 2 is 2.25 bits per heavy atom. The summed E-state index contributed by atoms with van der Waals surface area (Å²) in [7, 11) is 1.61. The van der Waals surface area contributed by atoms with E-state index in [4.69, 9.17) is 4.74 Å². The Bertz CT molecular complexity index is 512. The van der Waals surface area contributed by atoms with E-state index in [2.05, 4.69) is 5.32 Å². The van der Waals surface area contributed by atoms with Crippen LogP contribution in [0.5, 0.6) is 0 Å². The number of carbonyl (C=O) groups is 1. The maximum Gasteiger partial charge on any atom is 0.330 e. The Balaban J connectivity index is 2.73. The van der Waals surface area contributed by atoms with Crippen LogP contribution < -0.4 is 5.32 Å². The van der Waals surface area contributed by atoms with E-state index in [-0.39, 0.29) is 5.69 Å². The van der Waals surface area contributed by atoms with Gasteiger partial charge >= 0.3 is 5.97 Å². The summed E-state index contributed by atoms with van der Waals surface area (Å²) in [6.45, 7) is 2.42. The fourth-order valence-corrected chi connectivity index (χ4v) is 1.55. The molecule has 6 nitrogen and oxygen atoms in total. The van der Waals surface area contributed by atoms with Gasteiger partial charge in [-0.15, -0.1) is 0 Å². The number of hydrogen-bond acceptors (Lipinski definition) is 5. The van der Waals surface area contributed by atoms with Crippen molar-refractivity contribution >= 4 is 23.4 Å². The zero-order valence-electron chi connectivity index (χ0n) is 11.6. The second-order valence-electron chi connectivity index (χ2n) is 4.14. The van der Waals surface area contributed by atoms with Crippen LogP contribution >= 0.6 is 0 Å². The second-order valence-corrected chi connectivity index (χ2v) is 4.14. The number of unbranched alkanes of at least 4 members (excludes halogenated alkanes) is 1. The van der Waals surface area contributed by atoms with Crippen LogP contribution in [0.2, 0.25) is 0 Å². The summed E-state index contributed by atoms with van der Waals surface area (Å²) < 4.78 is 4.97. The van der Waals surface area contributed by atoms with Crippen LogP contribution in [0.3, 0.4) is 0 Å². The molecule has 0 aliphatic carbocycles. The zero-order chi connectivity index (χ0) is 15.0. The van der Waals surface area contributed by atoms with Gasteiger partial charge in [0.05, 0.1) is 11.5 Å². The SMILES string of the molecule is CCCCOC(=O)C=Cc1ccc([N+](=O)[O-])c(NC)c1. The summed E-state index contributed by atoms with van der Waals surface area (Å²) in [5.74, 6) is -0.414. The molecular weight excluding hydrogens is 260 g/mol. The Labute approximate surface area is 117 Å². The molecule has 0 fully saturated rings. The maximum atomic E-state index is 11.4. The lowest BCUT2D eigenvalue weighted by atomic mass is 10.1. The molecule has 108 valence electrons. The van der Waals surface area contributed by atoms with Crippen molar-refractivity contribution in [3.63, 3.8) is 0 Å². The Kier molecular flexibility index (Phi) is 6.22. The molecule has 0 amide bonds. The van der Waals surface area contributed by atoms with E-state index in [1.54, 1.807) is 25.3 Å². The van der Waals surface area contributed by atoms with Crippen molar-refractivity contribution in [2.45, 2.75) is 19.8 Å². The standard InChI is InChI=1S/C14H18N2O4/c1-3-4-9-20-14(17)8-6-11-5-7-13(16(18)19)12(10-11)15-2/h5-8,10,15H,3-4,9H2,1-2H3. The van der Waals surface area contributed by atoms with Gasteiger partial charge in [0, 0.05) is 19.2 Å². The van der Waals surface area contributed by atoms with Crippen molar-refractivity contribution in [3.05, 3.63) is 40.0 Å². The first kappa shape index (κ1) is 15.7. The van der Waals surface area contributed by atoms with E-state index in [0.29, 0.717) is 17.9 Å². The van der Waals surface area contributed by atoms with E-state index in [1.165, 1.54) is 12.1 Å². The molecule has 0 bridgehead atoms. The highest BCUT2D eigenvalue weighted by Crippen LogP contribution is 2.25. The molecule has 0 unspecified atom stereocenters. The Hall–Kier alpha value is -2.37. The van der Waals surface area contributed by atoms with Crippen molar-refractivity contribution in [2.75, 3.05) is 19.0 Å². The molecule has 0 saturated carbocycles. The molecule has 0 aliphatic heterocycles. The number of ether oxygens (including phenoxy) is 1. The molecule has 0 heterocycles. The molecule has 0 radical (unpaired) electrons. The smallest absolute Gasteiger partial charge is 0.330 e. The van der Waals surface area contributed by atoms with Gasteiger partial charge in [-0.25, -0.2) is 4.79 Å². The van der Waals surface area contributed by atoms with Gasteiger partial charge in [-0.1, -0.05) is 13.3 Å². The number of benzene rings is 1. The first-order valence-corrected chi connectivity index (χ1v) is 6.39. The molecule has 0 spiro atoms. The molecule has 0 saturated heterocycles. The van der Waals surface area contributed by atoms with Gasteiger partial charge in [-0.3, -0.25) is 10.1 Å². The van der Waals surface area contributed by atoms with Gasteiger partial charge in [0.25, 0.3) is 5.69 Å². The topological polar surface area (TPSA) is 81.5 Å². The molecule has 6 heteroatoms. The van der Waals surface area contributed by atoms with Gasteiger partial charge in [0.1, 0.15) is 5.69 Å². The molecule has 1 aromatic rings. The summed E-state index contributed by atoms with van der Waals surface area (Å²) in [5, 5.41) is 13.5. The highest BCUT2D eigenvalue weighted by Gasteiger charge is 2.11. The molecule has 20 heavy (non-hydrogen) atoms. The highest BCUT2D eigenvalue weighted by molar-refractivity contribution is 5.87. The van der Waals surface area contributed by atoms with Gasteiger partial charge in [0.15, 0.2) is 0 Å². The summed E-state index contributed by atoms with van der Waals surface area (Å²) in [6.07, 6.45) is 4.68. The van der Waals surface area contributed by atoms with Crippen LogP contribution in [0.25, 0.3) is 6.08 Å². The minimum atomic E-state index is -0.460. The predicted molar refractivity (Wildman–Crippen MR) is 77.5 cm³/mol. The summed E-state index contributed by atoms with van der Waals surface area (Å²) in [5.41, 5.74) is 1.08. The number of hydrogen-bond donors (Lipinski definition) is 1. The van der Waals surface area contributed by atoms with E-state index >= 15 is 0 Å². The third-order valence-electron chi connectivity index (χ3n) is 2.64. The monoisotopic (exact) mass is 278 g/mol. The number of anilines is 1. The summed E-state index contributed by atoms with van der Waals surface area (Å²) in [6, 6.07) is 4.58. The van der Waals surface area contributed by atoms with E-state index in [1.807, 2.05) is 6.92 Å². The largest absolute Gasteiger partial charge is 0.463 e. The molecule has 0 atom stereocenters. The fraction of sp³-hybridized carbons (Fsp3) is 0.357. The number of nitro groups is 1. The van der Waals surface area contributed by atoms with Crippen LogP contribution in [-0.2, 0) is 9.53 Å². The van der Waals surface area contributed by atoms with E-state index in [0.717, 1.165) is 12.8 Å². The third-order valence-corrected chi connectivity index (χ3v) is 2.64. The van der Waals surface area contributed by atoms with Crippen molar-refractivity contribution < 1.29 is 14.5 Å². The van der Waals surface area contributed by atoms with E-state index < -0.39 is 10.9 Å². The van der Waals surface area contributed by atoms with Crippen molar-refractivity contribution in [1.29, 1.82) is 0 Å². The van der Waals surface area contributed by atoms with Crippen molar-refractivity contribution in [2.24, 2.45) is 0 Å². The fourth-order valence-electron chi connectivity index (χ4n) is 1.55. The molecule has 1 N–H and O–H groups in total. The third kappa shape index (κ3) is 4.72. The van der Waals surface area contributed by atoms with Gasteiger partial charge in [-0.05, 0) is 30.2 Å². The average Bonchev–Trinajstić information content (AvgIpc) is 2.44. The van der Waals surface area contributed by atoms with Gasteiger partial charge in [-0.2, -0.15) is 0 Å². The number of esters is 1. The zero-order valence-corrected chi connectivity index (χ0v) is 11.6. The normalized spacial score (nSPS) is 10.5. The molecule has 0 aromatic heterocycles. The molecule has 0 aliphatic rings. The number of carbonyl (C=O) groups excluding carboxylic acids is 1. The Morgan fingerprint density at radius 1 is 1.50 bits per heavy atom. The number of nitrogens with zero attached hydrogens (tertiary/aromatic N) is 1. The minimum Gasteiger partial charge on any atom is -0.463 e. The molecule has 1 rings (SSSR count). The quantitative estimate of drug-likeness (QED) is 0.272. The minimum absolute atomic E-state index is 0.00447. The summed E-state index contributed by atoms with van der Waals surface area (Å²) >= 11 is 0. The number of nitro benzene ring substituents is 1. The van der Waals surface area contributed by atoms with Crippen molar-refractivity contribution in [1.82, 2.24) is 0 Å².